The first-order chi connectivity index (χ1) is 12.0. The van der Waals surface area contributed by atoms with E-state index in [-0.39, 0.29) is 24.4 Å². The van der Waals surface area contributed by atoms with E-state index in [1.807, 2.05) is 0 Å². The van der Waals surface area contributed by atoms with Gasteiger partial charge in [0.2, 0.25) is 5.91 Å². The average molecular weight is 350 g/mol. The van der Waals surface area contributed by atoms with Gasteiger partial charge in [-0.1, -0.05) is 19.8 Å². The fourth-order valence-electron chi connectivity index (χ4n) is 4.64. The Morgan fingerprint density at radius 2 is 2.00 bits per heavy atom. The number of carbonyl (C=O) groups is 3. The third-order valence-electron chi connectivity index (χ3n) is 6.39. The lowest BCUT2D eigenvalue weighted by Crippen LogP contribution is -2.50. The van der Waals surface area contributed by atoms with Crippen LogP contribution in [0.25, 0.3) is 0 Å². The van der Waals surface area contributed by atoms with Crippen molar-refractivity contribution in [2.24, 2.45) is 17.6 Å². The van der Waals surface area contributed by atoms with Gasteiger partial charge in [-0.25, -0.2) is 4.79 Å². The Balaban J connectivity index is 1.58. The third-order valence-corrected chi connectivity index (χ3v) is 6.39. The number of urea groups is 1. The van der Waals surface area contributed by atoms with Crippen molar-refractivity contribution < 1.29 is 14.4 Å². The Labute approximate surface area is 149 Å². The normalized spacial score (nSPS) is 35.3. The zero-order valence-electron chi connectivity index (χ0n) is 15.1. The summed E-state index contributed by atoms with van der Waals surface area (Å²) in [6.45, 7) is 2.51. The minimum Gasteiger partial charge on any atom is -0.351 e. The maximum absolute atomic E-state index is 12.8. The van der Waals surface area contributed by atoms with E-state index < -0.39 is 11.6 Å². The van der Waals surface area contributed by atoms with Crippen molar-refractivity contribution >= 4 is 17.8 Å². The van der Waals surface area contributed by atoms with Crippen LogP contribution in [0.3, 0.4) is 0 Å². The van der Waals surface area contributed by atoms with Crippen LogP contribution in [0.5, 0.6) is 0 Å². The lowest BCUT2D eigenvalue weighted by molar-refractivity contribution is -0.136. The van der Waals surface area contributed by atoms with Gasteiger partial charge in [0, 0.05) is 6.04 Å². The number of hydrogen-bond donors (Lipinski definition) is 3. The Kier molecular flexibility index (Phi) is 5.32. The highest BCUT2D eigenvalue weighted by atomic mass is 16.2. The number of amides is 4. The fourth-order valence-corrected chi connectivity index (χ4v) is 4.64. The SMILES string of the molecule is CCC1CCC2(CC1)NC(=O)N(CC(=O)NC1CCCC1CN)C2=O. The summed E-state index contributed by atoms with van der Waals surface area (Å²) < 4.78 is 0. The number of nitrogens with two attached hydrogens (primary N) is 1. The first kappa shape index (κ1) is 18.2. The standard InChI is InChI=1S/C18H30N4O3/c1-2-12-6-8-18(9-7-12)16(24)22(17(25)21-18)11-15(23)20-14-5-3-4-13(14)10-19/h12-14H,2-11,19H2,1H3,(H,20,23)(H,21,25). The van der Waals surface area contributed by atoms with Crippen LogP contribution < -0.4 is 16.4 Å². The molecule has 1 spiro atoms. The van der Waals surface area contributed by atoms with Gasteiger partial charge in [-0.15, -0.1) is 0 Å². The van der Waals surface area contributed by atoms with Crippen LogP contribution >= 0.6 is 0 Å². The number of nitrogens with zero attached hydrogens (tertiary/aromatic N) is 1. The second-order valence-electron chi connectivity index (χ2n) is 7.86. The highest BCUT2D eigenvalue weighted by Crippen LogP contribution is 2.37. The second-order valence-corrected chi connectivity index (χ2v) is 7.86. The molecule has 0 aromatic rings. The van der Waals surface area contributed by atoms with Gasteiger partial charge in [-0.3, -0.25) is 14.5 Å². The van der Waals surface area contributed by atoms with Crippen molar-refractivity contribution in [1.82, 2.24) is 15.5 Å². The van der Waals surface area contributed by atoms with Crippen LogP contribution in [0, 0.1) is 11.8 Å². The van der Waals surface area contributed by atoms with Crippen molar-refractivity contribution in [2.45, 2.75) is 69.9 Å². The van der Waals surface area contributed by atoms with E-state index in [1.165, 1.54) is 0 Å². The van der Waals surface area contributed by atoms with E-state index in [9.17, 15) is 14.4 Å². The van der Waals surface area contributed by atoms with Crippen LogP contribution in [0.2, 0.25) is 0 Å². The van der Waals surface area contributed by atoms with Crippen molar-refractivity contribution in [3.63, 3.8) is 0 Å². The van der Waals surface area contributed by atoms with Crippen LogP contribution in [0.1, 0.15) is 58.3 Å². The van der Waals surface area contributed by atoms with Crippen LogP contribution in [0.4, 0.5) is 4.79 Å². The predicted octanol–water partition coefficient (Wildman–Crippen LogP) is 1.12. The molecule has 1 saturated heterocycles. The molecular weight excluding hydrogens is 320 g/mol. The Bertz CT molecular complexity index is 542. The summed E-state index contributed by atoms with van der Waals surface area (Å²) >= 11 is 0. The zero-order valence-corrected chi connectivity index (χ0v) is 15.1. The van der Waals surface area contributed by atoms with Gasteiger partial charge in [0.15, 0.2) is 0 Å². The Morgan fingerprint density at radius 1 is 1.28 bits per heavy atom. The van der Waals surface area contributed by atoms with Crippen molar-refractivity contribution in [3.8, 4) is 0 Å². The fraction of sp³-hybridized carbons (Fsp3) is 0.833. The van der Waals surface area contributed by atoms with E-state index in [2.05, 4.69) is 17.6 Å². The number of rotatable bonds is 5. The molecule has 3 aliphatic rings. The molecule has 2 aliphatic carbocycles. The predicted molar refractivity (Wildman–Crippen MR) is 93.6 cm³/mol. The third kappa shape index (κ3) is 3.52. The van der Waals surface area contributed by atoms with Gasteiger partial charge in [0.05, 0.1) is 0 Å². The summed E-state index contributed by atoms with van der Waals surface area (Å²) in [5.74, 6) is 0.420. The number of hydrogen-bond acceptors (Lipinski definition) is 4. The molecule has 3 rings (SSSR count). The van der Waals surface area contributed by atoms with Crippen LogP contribution in [-0.2, 0) is 9.59 Å². The maximum atomic E-state index is 12.8. The van der Waals surface area contributed by atoms with E-state index in [0.717, 1.165) is 43.4 Å². The number of carbonyl (C=O) groups excluding carboxylic acids is 3. The first-order valence-electron chi connectivity index (χ1n) is 9.62. The molecule has 25 heavy (non-hydrogen) atoms. The molecule has 0 bridgehead atoms. The van der Waals surface area contributed by atoms with Crippen molar-refractivity contribution in [3.05, 3.63) is 0 Å². The monoisotopic (exact) mass is 350 g/mol. The molecule has 0 aromatic carbocycles. The largest absolute Gasteiger partial charge is 0.351 e. The topological polar surface area (TPSA) is 105 Å². The molecule has 7 nitrogen and oxygen atoms in total. The molecule has 0 radical (unpaired) electrons. The minimum absolute atomic E-state index is 0.0622. The molecular formula is C18H30N4O3. The van der Waals surface area contributed by atoms with Gasteiger partial charge in [-0.05, 0) is 56.9 Å². The van der Waals surface area contributed by atoms with Crippen LogP contribution in [-0.4, -0.2) is 47.4 Å². The average Bonchev–Trinajstić information content (AvgIpc) is 3.14. The molecule has 0 aromatic heterocycles. The van der Waals surface area contributed by atoms with E-state index in [0.29, 0.717) is 31.2 Å². The molecule has 2 saturated carbocycles. The highest BCUT2D eigenvalue weighted by Gasteiger charge is 2.52. The molecule has 3 fully saturated rings. The van der Waals surface area contributed by atoms with Gasteiger partial charge in [0.1, 0.15) is 12.1 Å². The number of imide groups is 1. The molecule has 1 heterocycles. The molecule has 4 amide bonds. The van der Waals surface area contributed by atoms with E-state index in [1.54, 1.807) is 0 Å². The maximum Gasteiger partial charge on any atom is 0.325 e. The van der Waals surface area contributed by atoms with Crippen molar-refractivity contribution in [2.75, 3.05) is 13.1 Å². The lowest BCUT2D eigenvalue weighted by atomic mass is 9.75. The summed E-state index contributed by atoms with van der Waals surface area (Å²) in [6, 6.07) is -0.371. The summed E-state index contributed by atoms with van der Waals surface area (Å²) in [6.07, 6.45) is 7.33. The van der Waals surface area contributed by atoms with Gasteiger partial charge in [0.25, 0.3) is 5.91 Å². The van der Waals surface area contributed by atoms with Crippen molar-refractivity contribution in [1.29, 1.82) is 0 Å². The Hall–Kier alpha value is -1.63. The molecule has 1 aliphatic heterocycles. The minimum atomic E-state index is -0.782. The first-order valence-corrected chi connectivity index (χ1v) is 9.62. The van der Waals surface area contributed by atoms with Gasteiger partial charge >= 0.3 is 6.03 Å². The molecule has 2 atom stereocenters. The molecule has 7 heteroatoms. The summed E-state index contributed by atoms with van der Waals surface area (Å²) in [5.41, 5.74) is 4.96. The molecule has 140 valence electrons. The molecule has 2 unspecified atom stereocenters. The smallest absolute Gasteiger partial charge is 0.325 e. The number of nitrogens with one attached hydrogen (secondary N) is 2. The Morgan fingerprint density at radius 3 is 2.64 bits per heavy atom. The lowest BCUT2D eigenvalue weighted by Gasteiger charge is -2.34. The molecule has 4 N–H and O–H groups in total. The van der Waals surface area contributed by atoms with Gasteiger partial charge in [-0.2, -0.15) is 0 Å². The van der Waals surface area contributed by atoms with E-state index in [4.69, 9.17) is 5.73 Å². The summed E-state index contributed by atoms with van der Waals surface area (Å²) in [7, 11) is 0. The zero-order chi connectivity index (χ0) is 18.0. The summed E-state index contributed by atoms with van der Waals surface area (Å²) in [5, 5.41) is 5.83. The van der Waals surface area contributed by atoms with Crippen LogP contribution in [0.15, 0.2) is 0 Å². The highest BCUT2D eigenvalue weighted by molar-refractivity contribution is 6.09. The van der Waals surface area contributed by atoms with Gasteiger partial charge < -0.3 is 16.4 Å². The quantitative estimate of drug-likeness (QED) is 0.646. The summed E-state index contributed by atoms with van der Waals surface area (Å²) in [4.78, 5) is 38.6. The second kappa shape index (κ2) is 7.32. The van der Waals surface area contributed by atoms with E-state index >= 15 is 0 Å².